The summed E-state index contributed by atoms with van der Waals surface area (Å²) in [5, 5.41) is 0. The first-order chi connectivity index (χ1) is 10.1. The molecule has 3 unspecified atom stereocenters. The van der Waals surface area contributed by atoms with Crippen LogP contribution < -0.4 is 5.73 Å². The van der Waals surface area contributed by atoms with Gasteiger partial charge in [-0.25, -0.2) is 0 Å². The lowest BCUT2D eigenvalue weighted by Gasteiger charge is -2.47. The smallest absolute Gasteiger partial charge is 0.0253 e. The molecule has 0 bridgehead atoms. The largest absolute Gasteiger partial charge is 0.326 e. The van der Waals surface area contributed by atoms with Gasteiger partial charge in [-0.15, -0.1) is 0 Å². The molecule has 1 aliphatic heterocycles. The maximum atomic E-state index is 6.50. The highest BCUT2D eigenvalue weighted by Gasteiger charge is 2.37. The molecule has 0 amide bonds. The van der Waals surface area contributed by atoms with E-state index < -0.39 is 0 Å². The molecule has 1 aromatic rings. The number of hydrogen-bond acceptors (Lipinski definition) is 2. The Hall–Kier alpha value is -0.860. The minimum absolute atomic E-state index is 0.360. The average Bonchev–Trinajstić information content (AvgIpc) is 2.47. The Kier molecular flexibility index (Phi) is 4.37. The zero-order valence-corrected chi connectivity index (χ0v) is 13.6. The summed E-state index contributed by atoms with van der Waals surface area (Å²) in [6.45, 7) is 7.26. The summed E-state index contributed by atoms with van der Waals surface area (Å²) in [4.78, 5) is 2.70. The summed E-state index contributed by atoms with van der Waals surface area (Å²) in [5.74, 6) is 0.695. The number of hydrogen-bond donors (Lipinski definition) is 1. The quantitative estimate of drug-likeness (QED) is 0.896. The van der Waals surface area contributed by atoms with Crippen molar-refractivity contribution in [3.05, 3.63) is 35.9 Å². The zero-order valence-electron chi connectivity index (χ0n) is 13.6. The fourth-order valence-corrected chi connectivity index (χ4v) is 4.37. The molecule has 2 nitrogen and oxygen atoms in total. The zero-order chi connectivity index (χ0) is 14.9. The first-order valence-corrected chi connectivity index (χ1v) is 8.60. The van der Waals surface area contributed by atoms with E-state index in [2.05, 4.69) is 49.1 Å². The van der Waals surface area contributed by atoms with E-state index in [4.69, 9.17) is 5.73 Å². The molecule has 0 aromatic heterocycles. The molecule has 1 heterocycles. The van der Waals surface area contributed by atoms with Gasteiger partial charge in [0.25, 0.3) is 0 Å². The van der Waals surface area contributed by atoms with Crippen molar-refractivity contribution in [1.29, 1.82) is 0 Å². The first kappa shape index (κ1) is 15.1. The maximum Gasteiger partial charge on any atom is 0.0253 e. The topological polar surface area (TPSA) is 29.3 Å². The van der Waals surface area contributed by atoms with Gasteiger partial charge in [-0.05, 0) is 55.5 Å². The third-order valence-corrected chi connectivity index (χ3v) is 5.54. The van der Waals surface area contributed by atoms with Gasteiger partial charge in [0.2, 0.25) is 0 Å². The van der Waals surface area contributed by atoms with E-state index in [0.29, 0.717) is 23.4 Å². The normalized spacial score (nSPS) is 33.8. The lowest BCUT2D eigenvalue weighted by Crippen LogP contribution is -2.55. The Labute approximate surface area is 129 Å². The fourth-order valence-electron chi connectivity index (χ4n) is 4.37. The van der Waals surface area contributed by atoms with Crippen LogP contribution in [0.15, 0.2) is 30.3 Å². The van der Waals surface area contributed by atoms with Crippen LogP contribution in [0.2, 0.25) is 0 Å². The Balaban J connectivity index is 1.72. The predicted molar refractivity (Wildman–Crippen MR) is 89.4 cm³/mol. The number of nitrogens with zero attached hydrogens (tertiary/aromatic N) is 1. The molecule has 116 valence electrons. The van der Waals surface area contributed by atoms with E-state index in [9.17, 15) is 0 Å². The molecule has 0 spiro atoms. The Bertz CT molecular complexity index is 454. The molecule has 2 heteroatoms. The van der Waals surface area contributed by atoms with Crippen LogP contribution in [-0.4, -0.2) is 30.1 Å². The van der Waals surface area contributed by atoms with Crippen LogP contribution >= 0.6 is 0 Å². The molecule has 1 saturated carbocycles. The number of nitrogens with two attached hydrogens (primary N) is 1. The second-order valence-corrected chi connectivity index (χ2v) is 7.89. The van der Waals surface area contributed by atoms with Gasteiger partial charge in [0, 0.05) is 18.6 Å². The van der Waals surface area contributed by atoms with E-state index in [1.165, 1.54) is 50.8 Å². The average molecular weight is 286 g/mol. The lowest BCUT2D eigenvalue weighted by atomic mass is 9.76. The highest BCUT2D eigenvalue weighted by Crippen LogP contribution is 2.37. The molecule has 0 radical (unpaired) electrons. The van der Waals surface area contributed by atoms with Crippen molar-refractivity contribution in [3.8, 4) is 0 Å². The van der Waals surface area contributed by atoms with Crippen LogP contribution in [0.25, 0.3) is 0 Å². The predicted octanol–water partition coefficient (Wildman–Crippen LogP) is 3.77. The molecule has 21 heavy (non-hydrogen) atoms. The Morgan fingerprint density at radius 2 is 1.90 bits per heavy atom. The van der Waals surface area contributed by atoms with Crippen molar-refractivity contribution in [1.82, 2.24) is 4.90 Å². The minimum Gasteiger partial charge on any atom is -0.326 e. The van der Waals surface area contributed by atoms with Crippen LogP contribution in [0, 0.1) is 5.41 Å². The SMILES string of the molecule is CC1(C)CCCN(C2CC(c3ccccc3)CCC2N)C1. The highest BCUT2D eigenvalue weighted by atomic mass is 15.2. The summed E-state index contributed by atoms with van der Waals surface area (Å²) in [6.07, 6.45) is 6.33. The molecule has 3 atom stereocenters. The lowest BCUT2D eigenvalue weighted by molar-refractivity contribution is 0.0480. The summed E-state index contributed by atoms with van der Waals surface area (Å²) >= 11 is 0. The van der Waals surface area contributed by atoms with Crippen molar-refractivity contribution in [3.63, 3.8) is 0 Å². The van der Waals surface area contributed by atoms with Crippen LogP contribution in [0.5, 0.6) is 0 Å². The van der Waals surface area contributed by atoms with Crippen molar-refractivity contribution in [2.75, 3.05) is 13.1 Å². The second-order valence-electron chi connectivity index (χ2n) is 7.89. The standard InChI is InChI=1S/C19H30N2/c1-19(2)11-6-12-21(14-19)18-13-16(9-10-17(18)20)15-7-4-3-5-8-15/h3-5,7-8,16-18H,6,9-14,20H2,1-2H3. The van der Waals surface area contributed by atoms with Gasteiger partial charge in [0.15, 0.2) is 0 Å². The monoisotopic (exact) mass is 286 g/mol. The number of piperidine rings is 1. The van der Waals surface area contributed by atoms with E-state index in [0.717, 1.165) is 0 Å². The first-order valence-electron chi connectivity index (χ1n) is 8.60. The highest BCUT2D eigenvalue weighted by molar-refractivity contribution is 5.21. The van der Waals surface area contributed by atoms with Gasteiger partial charge >= 0.3 is 0 Å². The number of rotatable bonds is 2. The summed E-state index contributed by atoms with van der Waals surface area (Å²) in [6, 6.07) is 12.0. The summed E-state index contributed by atoms with van der Waals surface area (Å²) in [5.41, 5.74) is 8.46. The third-order valence-electron chi connectivity index (χ3n) is 5.54. The number of likely N-dealkylation sites (tertiary alicyclic amines) is 1. The van der Waals surface area contributed by atoms with Crippen molar-refractivity contribution in [2.24, 2.45) is 11.1 Å². The van der Waals surface area contributed by atoms with E-state index >= 15 is 0 Å². The van der Waals surface area contributed by atoms with Crippen LogP contribution in [0.1, 0.15) is 57.4 Å². The van der Waals surface area contributed by atoms with E-state index in [-0.39, 0.29) is 0 Å². The van der Waals surface area contributed by atoms with Crippen LogP contribution in [0.3, 0.4) is 0 Å². The molecular formula is C19H30N2. The van der Waals surface area contributed by atoms with E-state index in [1.807, 2.05) is 0 Å². The van der Waals surface area contributed by atoms with Crippen LogP contribution in [0.4, 0.5) is 0 Å². The molecule has 3 rings (SSSR count). The Morgan fingerprint density at radius 1 is 1.14 bits per heavy atom. The van der Waals surface area contributed by atoms with Crippen molar-refractivity contribution >= 4 is 0 Å². The molecule has 2 aliphatic rings. The molecular weight excluding hydrogens is 256 g/mol. The van der Waals surface area contributed by atoms with Gasteiger partial charge in [-0.2, -0.15) is 0 Å². The maximum absolute atomic E-state index is 6.50. The third kappa shape index (κ3) is 3.49. The summed E-state index contributed by atoms with van der Waals surface area (Å²) < 4.78 is 0. The van der Waals surface area contributed by atoms with Gasteiger partial charge in [0.1, 0.15) is 0 Å². The van der Waals surface area contributed by atoms with Gasteiger partial charge in [-0.1, -0.05) is 44.2 Å². The van der Waals surface area contributed by atoms with Crippen molar-refractivity contribution < 1.29 is 0 Å². The van der Waals surface area contributed by atoms with Crippen molar-refractivity contribution in [2.45, 2.75) is 64.0 Å². The second kappa shape index (κ2) is 6.10. The molecule has 2 fully saturated rings. The van der Waals surface area contributed by atoms with E-state index in [1.54, 1.807) is 0 Å². The van der Waals surface area contributed by atoms with Crippen LogP contribution in [-0.2, 0) is 0 Å². The summed E-state index contributed by atoms with van der Waals surface area (Å²) in [7, 11) is 0. The fraction of sp³-hybridized carbons (Fsp3) is 0.684. The molecule has 1 aliphatic carbocycles. The van der Waals surface area contributed by atoms with Gasteiger partial charge in [-0.3, -0.25) is 4.90 Å². The minimum atomic E-state index is 0.360. The van der Waals surface area contributed by atoms with Gasteiger partial charge < -0.3 is 5.73 Å². The number of benzene rings is 1. The molecule has 2 N–H and O–H groups in total. The molecule has 1 aromatic carbocycles. The molecule has 1 saturated heterocycles. The Morgan fingerprint density at radius 3 is 2.62 bits per heavy atom. The van der Waals surface area contributed by atoms with Gasteiger partial charge in [0.05, 0.1) is 0 Å².